The first-order valence-electron chi connectivity index (χ1n) is 18.5. The van der Waals surface area contributed by atoms with E-state index in [0.717, 1.165) is 23.7 Å². The van der Waals surface area contributed by atoms with Gasteiger partial charge in [0.05, 0.1) is 36.4 Å². The van der Waals surface area contributed by atoms with E-state index in [4.69, 9.17) is 28.1 Å². The fourth-order valence-corrected chi connectivity index (χ4v) is 12.7. The summed E-state index contributed by atoms with van der Waals surface area (Å²) >= 11 is 0. The Kier molecular flexibility index (Phi) is 11.2. The number of fused-ring (bicyclic) bond motifs is 5. The summed E-state index contributed by atoms with van der Waals surface area (Å²) in [7, 11) is -2.27. The van der Waals surface area contributed by atoms with Crippen molar-refractivity contribution in [2.45, 2.75) is 155 Å². The van der Waals surface area contributed by atoms with Crippen LogP contribution in [0.15, 0.2) is 41.5 Å². The summed E-state index contributed by atoms with van der Waals surface area (Å²) in [6.45, 7) is 20.0. The van der Waals surface area contributed by atoms with Gasteiger partial charge in [0.2, 0.25) is 0 Å². The minimum atomic E-state index is -2.27. The lowest BCUT2D eigenvalue weighted by Crippen LogP contribution is -2.79. The largest absolute Gasteiger partial charge is 0.458 e. The fraction of sp³-hybridized carbons (Fsp3) is 0.744. The van der Waals surface area contributed by atoms with Crippen LogP contribution >= 0.6 is 0 Å². The molecule has 1 aromatic carbocycles. The smallest absolute Gasteiger partial charge is 0.338 e. The summed E-state index contributed by atoms with van der Waals surface area (Å²) in [5.74, 6) is -2.53. The summed E-state index contributed by atoms with van der Waals surface area (Å²) < 4.78 is 40.8. The lowest BCUT2D eigenvalue weighted by Gasteiger charge is -2.67. The molecule has 0 amide bonds. The van der Waals surface area contributed by atoms with Gasteiger partial charge in [-0.2, -0.15) is 0 Å². The van der Waals surface area contributed by atoms with Crippen LogP contribution in [0, 0.1) is 16.7 Å². The number of aliphatic hydroxyl groups excluding tert-OH is 2. The number of ether oxygens (including phenoxy) is 5. The molecule has 0 spiro atoms. The maximum absolute atomic E-state index is 14.1. The quantitative estimate of drug-likeness (QED) is 0.152. The van der Waals surface area contributed by atoms with E-state index in [0.29, 0.717) is 24.0 Å². The molecule has 2 saturated heterocycles. The third-order valence-electron chi connectivity index (χ3n) is 12.4. The summed E-state index contributed by atoms with van der Waals surface area (Å²) in [6, 6.07) is 11.7. The van der Waals surface area contributed by atoms with Gasteiger partial charge >= 0.3 is 11.9 Å². The number of hydrogen-bond acceptors (Lipinski definition) is 10. The highest BCUT2D eigenvalue weighted by atomic mass is 28.4. The summed E-state index contributed by atoms with van der Waals surface area (Å²) in [5, 5.41) is 21.2. The Balaban J connectivity index is 1.82. The van der Waals surface area contributed by atoms with Gasteiger partial charge in [-0.1, -0.05) is 59.7 Å². The average molecular weight is 717 g/mol. The Bertz CT molecular complexity index is 1410. The van der Waals surface area contributed by atoms with E-state index in [-0.39, 0.29) is 19.6 Å². The van der Waals surface area contributed by atoms with Gasteiger partial charge in [0, 0.05) is 31.8 Å². The Morgan fingerprint density at radius 2 is 1.64 bits per heavy atom. The number of aliphatic hydroxyl groups is 2. The van der Waals surface area contributed by atoms with Crippen molar-refractivity contribution in [1.29, 1.82) is 0 Å². The average Bonchev–Trinajstić information content (AvgIpc) is 3.37. The first-order chi connectivity index (χ1) is 23.4. The van der Waals surface area contributed by atoms with Gasteiger partial charge in [-0.25, -0.2) is 4.79 Å². The van der Waals surface area contributed by atoms with E-state index < -0.39 is 85.0 Å². The minimum Gasteiger partial charge on any atom is -0.458 e. The van der Waals surface area contributed by atoms with Crippen LogP contribution in [-0.4, -0.2) is 91.7 Å². The highest BCUT2D eigenvalue weighted by Gasteiger charge is 2.75. The monoisotopic (exact) mass is 716 g/mol. The van der Waals surface area contributed by atoms with Crippen LogP contribution in [0.1, 0.15) is 98.9 Å². The molecule has 0 aromatic heterocycles. The third kappa shape index (κ3) is 6.76. The Labute approximate surface area is 299 Å². The summed E-state index contributed by atoms with van der Waals surface area (Å²) in [5.41, 5.74) is -0.789. The van der Waals surface area contributed by atoms with Crippen molar-refractivity contribution < 1.29 is 47.9 Å². The third-order valence-corrected chi connectivity index (χ3v) is 17.1. The molecule has 11 heteroatoms. The standard InChI is InChI=1S/C39H60O10Si/c1-11-50(12-2,13-3)49-29-21-30-39(23-44-30,46-25(5)41)33-28(45-35(43)26-17-15-14-16-18-26)22-36(6,7)31(24(4)27(42)19-20-40)32-34(38(29,33)10)48-37(8,9)47-32/h14-18,27-30,32-34,40,42H,11-13,19-23H2,1-10H3/b31-24-/t27?,28?,29?,30?,32?,33?,34?,38-,39?/m1/s1. The molecule has 280 valence electrons. The molecule has 2 aliphatic heterocycles. The first-order valence-corrected chi connectivity index (χ1v) is 21.1. The molecular weight excluding hydrogens is 657 g/mol. The molecule has 2 aliphatic carbocycles. The summed E-state index contributed by atoms with van der Waals surface area (Å²) in [6.07, 6.45) is -2.90. The second kappa shape index (κ2) is 14.4. The van der Waals surface area contributed by atoms with Gasteiger partial charge in [-0.15, -0.1) is 0 Å². The zero-order valence-corrected chi connectivity index (χ0v) is 32.7. The molecule has 50 heavy (non-hydrogen) atoms. The van der Waals surface area contributed by atoms with Crippen molar-refractivity contribution >= 4 is 20.3 Å². The van der Waals surface area contributed by atoms with Gasteiger partial charge in [0.1, 0.15) is 18.3 Å². The molecule has 2 saturated carbocycles. The number of carbonyl (C=O) groups is 2. The van der Waals surface area contributed by atoms with Crippen molar-refractivity contribution in [3.63, 3.8) is 0 Å². The molecule has 8 unspecified atom stereocenters. The van der Waals surface area contributed by atoms with Gasteiger partial charge in [-0.05, 0) is 74.0 Å². The van der Waals surface area contributed by atoms with Gasteiger partial charge in [0.15, 0.2) is 19.7 Å². The summed E-state index contributed by atoms with van der Waals surface area (Å²) in [4.78, 5) is 27.1. The van der Waals surface area contributed by atoms with E-state index in [1.807, 2.05) is 26.8 Å². The van der Waals surface area contributed by atoms with Crippen LogP contribution in [0.3, 0.4) is 0 Å². The Hall–Kier alpha value is -2.12. The highest BCUT2D eigenvalue weighted by molar-refractivity contribution is 6.73. The highest BCUT2D eigenvalue weighted by Crippen LogP contribution is 2.64. The minimum absolute atomic E-state index is 0.153. The van der Waals surface area contributed by atoms with Crippen molar-refractivity contribution in [1.82, 2.24) is 0 Å². The number of carbonyl (C=O) groups excluding carboxylic acids is 2. The lowest BCUT2D eigenvalue weighted by molar-refractivity contribution is -0.347. The van der Waals surface area contributed by atoms with Crippen molar-refractivity contribution in [3.05, 3.63) is 47.0 Å². The molecule has 10 nitrogen and oxygen atoms in total. The van der Waals surface area contributed by atoms with Crippen LogP contribution in [-0.2, 0) is 32.9 Å². The number of benzene rings is 1. The van der Waals surface area contributed by atoms with E-state index >= 15 is 0 Å². The normalized spacial score (nSPS) is 36.0. The zero-order valence-electron chi connectivity index (χ0n) is 31.7. The lowest BCUT2D eigenvalue weighted by atomic mass is 9.48. The molecule has 4 fully saturated rings. The van der Waals surface area contributed by atoms with Crippen LogP contribution in [0.5, 0.6) is 0 Å². The zero-order chi connectivity index (χ0) is 36.9. The Morgan fingerprint density at radius 1 is 1.00 bits per heavy atom. The van der Waals surface area contributed by atoms with E-state index in [1.165, 1.54) is 6.92 Å². The Morgan fingerprint density at radius 3 is 2.18 bits per heavy atom. The number of rotatable bonds is 11. The molecule has 5 rings (SSSR count). The van der Waals surface area contributed by atoms with E-state index in [2.05, 4.69) is 41.5 Å². The number of esters is 2. The maximum Gasteiger partial charge on any atom is 0.338 e. The van der Waals surface area contributed by atoms with E-state index in [9.17, 15) is 19.8 Å². The molecule has 1 aromatic rings. The van der Waals surface area contributed by atoms with Crippen molar-refractivity contribution in [2.75, 3.05) is 13.2 Å². The maximum atomic E-state index is 14.1. The predicted octanol–water partition coefficient (Wildman–Crippen LogP) is 6.34. The SMILES string of the molecule is CC[Si](CC)(CC)OC1CC2OCC2(OC(C)=O)C2C(OC(=O)c3ccccc3)CC(C)(C)/C(=C(/C)C(O)CCO)C3OC(C)(C)OC3[C@]12C. The second-order valence-electron chi connectivity index (χ2n) is 16.3. The van der Waals surface area contributed by atoms with Gasteiger partial charge < -0.3 is 38.3 Å². The molecule has 2 N–H and O–H groups in total. The van der Waals surface area contributed by atoms with Crippen LogP contribution < -0.4 is 0 Å². The molecule has 0 bridgehead atoms. The molecule has 4 aliphatic rings. The molecule has 0 radical (unpaired) electrons. The topological polar surface area (TPSA) is 130 Å². The predicted molar refractivity (Wildman–Crippen MR) is 191 cm³/mol. The molecule has 2 heterocycles. The van der Waals surface area contributed by atoms with E-state index in [1.54, 1.807) is 24.3 Å². The number of hydrogen-bond donors (Lipinski definition) is 2. The fourth-order valence-electron chi connectivity index (χ4n) is 9.78. The molecular formula is C39H60O10Si. The van der Waals surface area contributed by atoms with Gasteiger partial charge in [0.25, 0.3) is 0 Å². The molecule has 9 atom stereocenters. The van der Waals surface area contributed by atoms with Crippen LogP contribution in [0.4, 0.5) is 0 Å². The van der Waals surface area contributed by atoms with Crippen LogP contribution in [0.25, 0.3) is 0 Å². The van der Waals surface area contributed by atoms with Crippen molar-refractivity contribution in [3.8, 4) is 0 Å². The van der Waals surface area contributed by atoms with Gasteiger partial charge in [-0.3, -0.25) is 4.79 Å². The second-order valence-corrected chi connectivity index (χ2v) is 21.0. The first kappa shape index (κ1) is 39.1. The van der Waals surface area contributed by atoms with Crippen molar-refractivity contribution in [2.24, 2.45) is 16.7 Å². The van der Waals surface area contributed by atoms with Crippen LogP contribution in [0.2, 0.25) is 18.1 Å².